The number of allylic oxidation sites excluding steroid dienone is 1. The van der Waals surface area contributed by atoms with E-state index in [4.69, 9.17) is 14.2 Å². The second-order valence-corrected chi connectivity index (χ2v) is 10.3. The number of aromatic nitrogens is 1. The van der Waals surface area contributed by atoms with Crippen molar-refractivity contribution in [3.05, 3.63) is 75.5 Å². The molecule has 1 atom stereocenters. The lowest BCUT2D eigenvalue weighted by atomic mass is 10.0. The fourth-order valence-electron chi connectivity index (χ4n) is 3.72. The molecule has 0 bridgehead atoms. The highest BCUT2D eigenvalue weighted by Gasteiger charge is 2.33. The zero-order valence-electron chi connectivity index (χ0n) is 19.3. The number of ether oxygens (including phenoxy) is 3. The summed E-state index contributed by atoms with van der Waals surface area (Å²) in [4.78, 5) is 43.8. The van der Waals surface area contributed by atoms with E-state index in [2.05, 4.69) is 20.9 Å². The SMILES string of the molecule is CCOC(=O)C1=C(C)N=c2s/c(=C\c3cc(Br)c(OC(C)=O)c(OC)c3)c(=O)n2[C@@H]1c1cccs1. The van der Waals surface area contributed by atoms with Crippen molar-refractivity contribution in [1.82, 2.24) is 4.57 Å². The molecule has 3 heterocycles. The summed E-state index contributed by atoms with van der Waals surface area (Å²) in [6.45, 7) is 5.01. The molecule has 8 nitrogen and oxygen atoms in total. The Morgan fingerprint density at radius 1 is 1.31 bits per heavy atom. The predicted molar refractivity (Wildman–Crippen MR) is 137 cm³/mol. The molecular weight excluding hydrogens is 556 g/mol. The molecular formula is C24H21BrN2O6S2. The Bertz CT molecular complexity index is 1520. The molecule has 4 rings (SSSR count). The van der Waals surface area contributed by atoms with Gasteiger partial charge in [0.2, 0.25) is 0 Å². The summed E-state index contributed by atoms with van der Waals surface area (Å²) in [7, 11) is 1.47. The molecule has 0 N–H and O–H groups in total. The maximum atomic E-state index is 13.6. The van der Waals surface area contributed by atoms with Crippen LogP contribution in [0.1, 0.15) is 37.3 Å². The topological polar surface area (TPSA) is 96.2 Å². The van der Waals surface area contributed by atoms with Gasteiger partial charge >= 0.3 is 11.9 Å². The van der Waals surface area contributed by atoms with Crippen LogP contribution in [0.25, 0.3) is 6.08 Å². The number of halogens is 1. The molecule has 0 saturated heterocycles. The Hall–Kier alpha value is -3.02. The summed E-state index contributed by atoms with van der Waals surface area (Å²) in [5, 5.41) is 1.90. The van der Waals surface area contributed by atoms with Gasteiger partial charge in [0.25, 0.3) is 5.56 Å². The molecule has 0 radical (unpaired) electrons. The van der Waals surface area contributed by atoms with Gasteiger partial charge in [0.1, 0.15) is 6.04 Å². The molecule has 11 heteroatoms. The van der Waals surface area contributed by atoms with Crippen LogP contribution in [0.5, 0.6) is 11.5 Å². The number of benzene rings is 1. The van der Waals surface area contributed by atoms with E-state index in [1.807, 2.05) is 17.5 Å². The van der Waals surface area contributed by atoms with Crippen molar-refractivity contribution in [2.75, 3.05) is 13.7 Å². The summed E-state index contributed by atoms with van der Waals surface area (Å²) >= 11 is 6.09. The van der Waals surface area contributed by atoms with E-state index >= 15 is 0 Å². The van der Waals surface area contributed by atoms with E-state index in [1.165, 1.54) is 36.7 Å². The third-order valence-electron chi connectivity index (χ3n) is 5.13. The van der Waals surface area contributed by atoms with Crippen LogP contribution in [0.4, 0.5) is 0 Å². The van der Waals surface area contributed by atoms with Crippen molar-refractivity contribution in [2.24, 2.45) is 4.99 Å². The average Bonchev–Trinajstić information content (AvgIpc) is 3.43. The molecule has 1 aromatic carbocycles. The monoisotopic (exact) mass is 576 g/mol. The smallest absolute Gasteiger partial charge is 0.338 e. The molecule has 0 aliphatic carbocycles. The van der Waals surface area contributed by atoms with Gasteiger partial charge in [0, 0.05) is 11.8 Å². The normalized spacial score (nSPS) is 15.5. The first-order valence-electron chi connectivity index (χ1n) is 10.5. The Morgan fingerprint density at radius 3 is 2.71 bits per heavy atom. The second kappa shape index (κ2) is 10.3. The molecule has 2 aromatic heterocycles. The molecule has 182 valence electrons. The number of nitrogens with zero attached hydrogens (tertiary/aromatic N) is 2. The fraction of sp³-hybridized carbons (Fsp3) is 0.250. The Balaban J connectivity index is 1.89. The van der Waals surface area contributed by atoms with E-state index in [1.54, 1.807) is 36.6 Å². The van der Waals surface area contributed by atoms with Gasteiger partial charge < -0.3 is 14.2 Å². The first kappa shape index (κ1) is 25.1. The highest BCUT2D eigenvalue weighted by atomic mass is 79.9. The van der Waals surface area contributed by atoms with E-state index in [0.717, 1.165) is 4.88 Å². The van der Waals surface area contributed by atoms with Crippen molar-refractivity contribution in [3.8, 4) is 11.5 Å². The molecule has 0 amide bonds. The number of esters is 2. The third-order valence-corrected chi connectivity index (χ3v) is 7.62. The van der Waals surface area contributed by atoms with Crippen LogP contribution in [0.2, 0.25) is 0 Å². The molecule has 0 unspecified atom stereocenters. The quantitative estimate of drug-likeness (QED) is 0.329. The summed E-state index contributed by atoms with van der Waals surface area (Å²) < 4.78 is 18.4. The van der Waals surface area contributed by atoms with Gasteiger partial charge in [-0.25, -0.2) is 9.79 Å². The minimum Gasteiger partial charge on any atom is -0.493 e. The highest BCUT2D eigenvalue weighted by molar-refractivity contribution is 9.10. The third kappa shape index (κ3) is 4.89. The molecule has 1 aliphatic heterocycles. The second-order valence-electron chi connectivity index (χ2n) is 7.45. The van der Waals surface area contributed by atoms with Crippen LogP contribution in [0, 0.1) is 0 Å². The minimum absolute atomic E-state index is 0.219. The number of thiazole rings is 1. The first-order valence-corrected chi connectivity index (χ1v) is 13.0. The molecule has 3 aromatic rings. The van der Waals surface area contributed by atoms with Gasteiger partial charge in [-0.05, 0) is 65.0 Å². The van der Waals surface area contributed by atoms with Crippen molar-refractivity contribution >= 4 is 56.6 Å². The standard InChI is InChI=1S/C24H21BrN2O6S2/c1-5-32-23(30)19-12(2)26-24-27(20(19)17-7-6-8-34-17)22(29)18(35-24)11-14-9-15(25)21(33-13(3)28)16(10-14)31-4/h6-11,20H,5H2,1-4H3/b18-11-/t20-/m1/s1. The van der Waals surface area contributed by atoms with E-state index in [0.29, 0.717) is 36.4 Å². The Kier molecular flexibility index (Phi) is 7.39. The largest absolute Gasteiger partial charge is 0.493 e. The number of thiophene rings is 1. The zero-order valence-corrected chi connectivity index (χ0v) is 22.5. The maximum Gasteiger partial charge on any atom is 0.338 e. The molecule has 0 spiro atoms. The fourth-order valence-corrected chi connectivity index (χ4v) is 6.14. The van der Waals surface area contributed by atoms with Gasteiger partial charge in [-0.1, -0.05) is 17.4 Å². The number of hydrogen-bond acceptors (Lipinski definition) is 9. The predicted octanol–water partition coefficient (Wildman–Crippen LogP) is 3.56. The summed E-state index contributed by atoms with van der Waals surface area (Å²) in [6.07, 6.45) is 1.71. The van der Waals surface area contributed by atoms with Crippen LogP contribution in [0.15, 0.2) is 55.2 Å². The van der Waals surface area contributed by atoms with Gasteiger partial charge in [0.05, 0.1) is 34.0 Å². The van der Waals surface area contributed by atoms with Gasteiger partial charge in [-0.15, -0.1) is 11.3 Å². The number of carbonyl (C=O) groups excluding carboxylic acids is 2. The summed E-state index contributed by atoms with van der Waals surface area (Å²) in [5.41, 5.74) is 1.25. The maximum absolute atomic E-state index is 13.6. The minimum atomic E-state index is -0.625. The van der Waals surface area contributed by atoms with Crippen LogP contribution >= 0.6 is 38.6 Å². The zero-order chi connectivity index (χ0) is 25.3. The first-order chi connectivity index (χ1) is 16.7. The van der Waals surface area contributed by atoms with Crippen LogP contribution in [-0.2, 0) is 14.3 Å². The molecule has 1 aliphatic rings. The Labute approximate surface area is 216 Å². The molecule has 35 heavy (non-hydrogen) atoms. The van der Waals surface area contributed by atoms with Crippen molar-refractivity contribution in [3.63, 3.8) is 0 Å². The van der Waals surface area contributed by atoms with Crippen LogP contribution in [-0.4, -0.2) is 30.2 Å². The van der Waals surface area contributed by atoms with Gasteiger partial charge in [-0.3, -0.25) is 14.2 Å². The van der Waals surface area contributed by atoms with Gasteiger partial charge in [0.15, 0.2) is 16.3 Å². The number of carbonyl (C=O) groups is 2. The van der Waals surface area contributed by atoms with Crippen LogP contribution < -0.4 is 24.4 Å². The number of rotatable bonds is 6. The Morgan fingerprint density at radius 2 is 2.09 bits per heavy atom. The van der Waals surface area contributed by atoms with E-state index in [9.17, 15) is 14.4 Å². The van der Waals surface area contributed by atoms with Crippen molar-refractivity contribution in [2.45, 2.75) is 26.8 Å². The van der Waals surface area contributed by atoms with E-state index in [-0.39, 0.29) is 17.9 Å². The summed E-state index contributed by atoms with van der Waals surface area (Å²) in [5.74, 6) is -0.376. The highest BCUT2D eigenvalue weighted by Crippen LogP contribution is 2.37. The number of methoxy groups -OCH3 is 1. The number of fused-ring (bicyclic) bond motifs is 1. The summed E-state index contributed by atoms with van der Waals surface area (Å²) in [6, 6.07) is 6.54. The lowest BCUT2D eigenvalue weighted by Crippen LogP contribution is -2.39. The van der Waals surface area contributed by atoms with Crippen LogP contribution in [0.3, 0.4) is 0 Å². The number of hydrogen-bond donors (Lipinski definition) is 0. The van der Waals surface area contributed by atoms with Crippen molar-refractivity contribution < 1.29 is 23.8 Å². The average molecular weight is 577 g/mol. The lowest BCUT2D eigenvalue weighted by molar-refractivity contribution is -0.139. The van der Waals surface area contributed by atoms with E-state index < -0.39 is 18.0 Å². The molecule has 0 saturated carbocycles. The lowest BCUT2D eigenvalue weighted by Gasteiger charge is -2.23. The van der Waals surface area contributed by atoms with Gasteiger partial charge in [-0.2, -0.15) is 0 Å². The van der Waals surface area contributed by atoms with Crippen molar-refractivity contribution in [1.29, 1.82) is 0 Å². The molecule has 0 fully saturated rings.